The highest BCUT2D eigenvalue weighted by molar-refractivity contribution is 6.29. The molecule has 1 heterocycles. The first-order valence-electron chi connectivity index (χ1n) is 8.20. The Kier molecular flexibility index (Phi) is 3.58. The lowest BCUT2D eigenvalue weighted by atomic mass is 9.54. The first kappa shape index (κ1) is 13.8. The number of rotatable bonds is 5. The van der Waals surface area contributed by atoms with Crippen molar-refractivity contribution in [1.82, 2.24) is 4.98 Å². The van der Waals surface area contributed by atoms with E-state index in [1.54, 1.807) is 6.20 Å². The summed E-state index contributed by atoms with van der Waals surface area (Å²) in [5, 5.41) is 3.89. The highest BCUT2D eigenvalue weighted by Gasteiger charge is 2.51. The summed E-state index contributed by atoms with van der Waals surface area (Å²) < 4.78 is 6.38. The van der Waals surface area contributed by atoms with Gasteiger partial charge in [0, 0.05) is 6.54 Å². The smallest absolute Gasteiger partial charge is 0.129 e. The van der Waals surface area contributed by atoms with Crippen molar-refractivity contribution >= 4 is 17.3 Å². The Labute approximate surface area is 131 Å². The summed E-state index contributed by atoms with van der Waals surface area (Å²) in [6.45, 7) is 1.62. The van der Waals surface area contributed by atoms with Gasteiger partial charge >= 0.3 is 0 Å². The Bertz CT molecular complexity index is 467. The van der Waals surface area contributed by atoms with Crippen LogP contribution in [0.15, 0.2) is 18.3 Å². The van der Waals surface area contributed by atoms with Gasteiger partial charge in [0.05, 0.1) is 24.1 Å². The number of nitrogens with zero attached hydrogens (tertiary/aromatic N) is 1. The van der Waals surface area contributed by atoms with Gasteiger partial charge in [-0.2, -0.15) is 0 Å². The minimum Gasteiger partial charge on any atom is -0.381 e. The standard InChI is InChI=1S/C17H23ClN2O/c18-16-2-1-15(11-20-16)19-3-4-21-17-8-12-5-13(9-17)7-14(6-12)10-17/h1-2,11-14,19H,3-10H2. The van der Waals surface area contributed by atoms with Gasteiger partial charge in [0.2, 0.25) is 0 Å². The topological polar surface area (TPSA) is 34.1 Å². The summed E-state index contributed by atoms with van der Waals surface area (Å²) >= 11 is 5.79. The molecule has 21 heavy (non-hydrogen) atoms. The average molecular weight is 307 g/mol. The van der Waals surface area contributed by atoms with Crippen LogP contribution < -0.4 is 5.32 Å². The fourth-order valence-corrected chi connectivity index (χ4v) is 5.26. The number of anilines is 1. The average Bonchev–Trinajstić information content (AvgIpc) is 2.44. The molecule has 0 radical (unpaired) electrons. The number of nitrogens with one attached hydrogen (secondary N) is 1. The predicted molar refractivity (Wildman–Crippen MR) is 84.6 cm³/mol. The van der Waals surface area contributed by atoms with E-state index in [0.717, 1.165) is 36.6 Å². The van der Waals surface area contributed by atoms with Crippen LogP contribution in [0.4, 0.5) is 5.69 Å². The van der Waals surface area contributed by atoms with Gasteiger partial charge in [0.1, 0.15) is 5.15 Å². The molecule has 1 aromatic heterocycles. The molecule has 4 fully saturated rings. The molecule has 0 unspecified atom stereocenters. The van der Waals surface area contributed by atoms with E-state index in [1.165, 1.54) is 38.5 Å². The maximum Gasteiger partial charge on any atom is 0.129 e. The van der Waals surface area contributed by atoms with E-state index in [-0.39, 0.29) is 5.60 Å². The zero-order valence-electron chi connectivity index (χ0n) is 12.4. The fraction of sp³-hybridized carbons (Fsp3) is 0.706. The minimum absolute atomic E-state index is 0.217. The first-order chi connectivity index (χ1) is 10.2. The van der Waals surface area contributed by atoms with Crippen LogP contribution in [0.2, 0.25) is 5.15 Å². The molecule has 114 valence electrons. The normalized spacial score (nSPS) is 36.9. The maximum absolute atomic E-state index is 6.38. The van der Waals surface area contributed by atoms with Crippen LogP contribution >= 0.6 is 11.6 Å². The number of hydrogen-bond acceptors (Lipinski definition) is 3. The zero-order valence-corrected chi connectivity index (χ0v) is 13.1. The highest BCUT2D eigenvalue weighted by atomic mass is 35.5. The number of hydrogen-bond donors (Lipinski definition) is 1. The number of ether oxygens (including phenoxy) is 1. The molecule has 0 amide bonds. The SMILES string of the molecule is Clc1ccc(NCCOC23CC4CC(CC(C4)C2)C3)cn1. The van der Waals surface area contributed by atoms with E-state index in [1.807, 2.05) is 12.1 Å². The van der Waals surface area contributed by atoms with Crippen LogP contribution in [0, 0.1) is 17.8 Å². The molecular weight excluding hydrogens is 284 g/mol. The van der Waals surface area contributed by atoms with Crippen molar-refractivity contribution in [3.8, 4) is 0 Å². The van der Waals surface area contributed by atoms with E-state index in [4.69, 9.17) is 16.3 Å². The van der Waals surface area contributed by atoms with Crippen LogP contribution in [0.5, 0.6) is 0 Å². The third kappa shape index (κ3) is 2.91. The summed E-state index contributed by atoms with van der Waals surface area (Å²) in [6.07, 6.45) is 10.1. The predicted octanol–water partition coefficient (Wildman–Crippen LogP) is 4.13. The van der Waals surface area contributed by atoms with E-state index in [2.05, 4.69) is 10.3 Å². The molecule has 0 aromatic carbocycles. The Balaban J connectivity index is 1.28. The van der Waals surface area contributed by atoms with E-state index in [9.17, 15) is 0 Å². The van der Waals surface area contributed by atoms with Crippen LogP contribution in [-0.2, 0) is 4.74 Å². The van der Waals surface area contributed by atoms with Gasteiger partial charge in [-0.25, -0.2) is 4.98 Å². The molecule has 1 aromatic rings. The second-order valence-corrected chi connectivity index (χ2v) is 7.63. The van der Waals surface area contributed by atoms with Crippen LogP contribution in [0.25, 0.3) is 0 Å². The van der Waals surface area contributed by atoms with E-state index >= 15 is 0 Å². The quantitative estimate of drug-likeness (QED) is 0.656. The lowest BCUT2D eigenvalue weighted by molar-refractivity contribution is -0.159. The van der Waals surface area contributed by atoms with Crippen molar-refractivity contribution < 1.29 is 4.74 Å². The van der Waals surface area contributed by atoms with Gasteiger partial charge in [-0.05, 0) is 68.4 Å². The van der Waals surface area contributed by atoms with Crippen molar-refractivity contribution in [3.05, 3.63) is 23.5 Å². The molecule has 0 atom stereocenters. The molecule has 5 rings (SSSR count). The lowest BCUT2D eigenvalue weighted by Crippen LogP contribution is -2.52. The second kappa shape index (κ2) is 5.44. The van der Waals surface area contributed by atoms with Crippen molar-refractivity contribution in [2.45, 2.75) is 44.1 Å². The van der Waals surface area contributed by atoms with Gasteiger partial charge in [0.15, 0.2) is 0 Å². The van der Waals surface area contributed by atoms with Crippen molar-refractivity contribution in [1.29, 1.82) is 0 Å². The molecule has 4 heteroatoms. The van der Waals surface area contributed by atoms with Crippen molar-refractivity contribution in [2.24, 2.45) is 17.8 Å². The molecule has 4 aliphatic rings. The first-order valence-corrected chi connectivity index (χ1v) is 8.58. The summed E-state index contributed by atoms with van der Waals surface area (Å²) in [6, 6.07) is 3.77. The lowest BCUT2D eigenvalue weighted by Gasteiger charge is -2.56. The Morgan fingerprint density at radius 1 is 1.14 bits per heavy atom. The van der Waals surface area contributed by atoms with Crippen LogP contribution in [0.1, 0.15) is 38.5 Å². The third-order valence-corrected chi connectivity index (χ3v) is 5.77. The summed E-state index contributed by atoms with van der Waals surface area (Å²) in [5.41, 5.74) is 1.22. The summed E-state index contributed by atoms with van der Waals surface area (Å²) in [4.78, 5) is 4.07. The second-order valence-electron chi connectivity index (χ2n) is 7.25. The van der Waals surface area contributed by atoms with E-state index in [0.29, 0.717) is 5.15 Å². The fourth-order valence-electron chi connectivity index (χ4n) is 5.15. The minimum atomic E-state index is 0.217. The Hall–Kier alpha value is -0.800. The molecular formula is C17H23ClN2O. The van der Waals surface area contributed by atoms with Crippen molar-refractivity contribution in [3.63, 3.8) is 0 Å². The summed E-state index contributed by atoms with van der Waals surface area (Å²) in [7, 11) is 0. The molecule has 4 saturated carbocycles. The van der Waals surface area contributed by atoms with E-state index < -0.39 is 0 Å². The third-order valence-electron chi connectivity index (χ3n) is 5.55. The van der Waals surface area contributed by atoms with Gasteiger partial charge in [-0.1, -0.05) is 11.6 Å². The highest BCUT2D eigenvalue weighted by Crippen LogP contribution is 2.57. The number of halogens is 1. The van der Waals surface area contributed by atoms with Gasteiger partial charge in [0.25, 0.3) is 0 Å². The maximum atomic E-state index is 6.38. The van der Waals surface area contributed by atoms with Crippen LogP contribution in [-0.4, -0.2) is 23.7 Å². The molecule has 3 nitrogen and oxygen atoms in total. The van der Waals surface area contributed by atoms with Gasteiger partial charge in [-0.15, -0.1) is 0 Å². The molecule has 0 spiro atoms. The van der Waals surface area contributed by atoms with Crippen molar-refractivity contribution in [2.75, 3.05) is 18.5 Å². The Morgan fingerprint density at radius 2 is 1.81 bits per heavy atom. The van der Waals surface area contributed by atoms with Crippen LogP contribution in [0.3, 0.4) is 0 Å². The Morgan fingerprint density at radius 3 is 2.38 bits per heavy atom. The van der Waals surface area contributed by atoms with Gasteiger partial charge < -0.3 is 10.1 Å². The summed E-state index contributed by atoms with van der Waals surface area (Å²) in [5.74, 6) is 2.85. The monoisotopic (exact) mass is 306 g/mol. The van der Waals surface area contributed by atoms with Gasteiger partial charge in [-0.3, -0.25) is 0 Å². The molecule has 4 aliphatic carbocycles. The molecule has 4 bridgehead atoms. The molecule has 0 saturated heterocycles. The molecule has 1 N–H and O–H groups in total. The zero-order chi connectivity index (χ0) is 14.3. The largest absolute Gasteiger partial charge is 0.381 e. The number of aromatic nitrogens is 1. The molecule has 0 aliphatic heterocycles. The number of pyridine rings is 1.